The molecular formula is C12H17N3O2. The highest BCUT2D eigenvalue weighted by molar-refractivity contribution is 5.46. The monoisotopic (exact) mass is 235 g/mol. The summed E-state index contributed by atoms with van der Waals surface area (Å²) in [6.45, 7) is 3.14. The largest absolute Gasteiger partial charge is 0.397 e. The van der Waals surface area contributed by atoms with Crippen LogP contribution < -0.4 is 10.6 Å². The molecule has 17 heavy (non-hydrogen) atoms. The zero-order chi connectivity index (χ0) is 11.7. The molecule has 0 radical (unpaired) electrons. The molecule has 5 heteroatoms. The molecule has 0 aromatic carbocycles. The van der Waals surface area contributed by atoms with Crippen LogP contribution in [-0.2, 0) is 9.47 Å². The van der Waals surface area contributed by atoms with Crippen LogP contribution in [0.2, 0.25) is 0 Å². The number of nitrogens with zero attached hydrogens (tertiary/aromatic N) is 2. The van der Waals surface area contributed by atoms with Crippen molar-refractivity contribution >= 4 is 11.5 Å². The minimum Gasteiger partial charge on any atom is -0.397 e. The second kappa shape index (κ2) is 4.16. The molecule has 0 aliphatic carbocycles. The predicted octanol–water partition coefficient (Wildman–Crippen LogP) is 1.01. The number of hydrogen-bond acceptors (Lipinski definition) is 5. The molecule has 0 amide bonds. The molecular weight excluding hydrogens is 218 g/mol. The number of nitrogens with two attached hydrogens (primary N) is 1. The van der Waals surface area contributed by atoms with E-state index in [1.54, 1.807) is 6.20 Å². The highest BCUT2D eigenvalue weighted by Gasteiger charge is 2.41. The lowest BCUT2D eigenvalue weighted by molar-refractivity contribution is -0.161. The fourth-order valence-electron chi connectivity index (χ4n) is 2.50. The first-order valence-corrected chi connectivity index (χ1v) is 6.02. The highest BCUT2D eigenvalue weighted by Crippen LogP contribution is 2.31. The van der Waals surface area contributed by atoms with Crippen LogP contribution >= 0.6 is 0 Å². The molecule has 0 saturated carbocycles. The number of aromatic nitrogens is 1. The van der Waals surface area contributed by atoms with Gasteiger partial charge >= 0.3 is 0 Å². The molecule has 2 aliphatic heterocycles. The van der Waals surface area contributed by atoms with E-state index in [-0.39, 0.29) is 0 Å². The fraction of sp³-hybridized carbons (Fsp3) is 0.583. The Hall–Kier alpha value is -1.33. The van der Waals surface area contributed by atoms with E-state index in [1.165, 1.54) is 0 Å². The Morgan fingerprint density at radius 2 is 2.12 bits per heavy atom. The molecule has 5 nitrogen and oxygen atoms in total. The molecule has 92 valence electrons. The first kappa shape index (κ1) is 10.8. The van der Waals surface area contributed by atoms with Gasteiger partial charge in [-0.2, -0.15) is 0 Å². The zero-order valence-corrected chi connectivity index (χ0v) is 9.76. The Morgan fingerprint density at radius 1 is 1.29 bits per heavy atom. The molecule has 2 aliphatic rings. The molecule has 1 aromatic rings. The Bertz CT molecular complexity index is 387. The number of piperidine rings is 1. The fourth-order valence-corrected chi connectivity index (χ4v) is 2.50. The van der Waals surface area contributed by atoms with Crippen molar-refractivity contribution in [1.82, 2.24) is 4.98 Å². The third-order valence-electron chi connectivity index (χ3n) is 3.33. The van der Waals surface area contributed by atoms with E-state index in [0.29, 0.717) is 18.9 Å². The maximum atomic E-state index is 5.74. The van der Waals surface area contributed by atoms with Gasteiger partial charge in [0.25, 0.3) is 0 Å². The maximum Gasteiger partial charge on any atom is 0.186 e. The molecule has 1 spiro atoms. The number of rotatable bonds is 1. The van der Waals surface area contributed by atoms with Crippen LogP contribution in [0.5, 0.6) is 0 Å². The minimum absolute atomic E-state index is 0.401. The van der Waals surface area contributed by atoms with Crippen LogP contribution in [0.25, 0.3) is 0 Å². The summed E-state index contributed by atoms with van der Waals surface area (Å²) < 4.78 is 11.5. The average Bonchev–Trinajstić information content (AvgIpc) is 2.78. The van der Waals surface area contributed by atoms with E-state index in [0.717, 1.165) is 31.7 Å². The highest BCUT2D eigenvalue weighted by atomic mass is 16.7. The molecule has 2 fully saturated rings. The van der Waals surface area contributed by atoms with Crippen LogP contribution in [0.15, 0.2) is 18.3 Å². The standard InChI is InChI=1S/C12H17N3O2/c13-10-2-3-11(14-8-10)15-5-1-4-12(9-15)16-6-7-17-12/h2-3,8H,1,4-7,9,13H2. The summed E-state index contributed by atoms with van der Waals surface area (Å²) in [5, 5.41) is 0. The minimum atomic E-state index is -0.401. The lowest BCUT2D eigenvalue weighted by Gasteiger charge is -2.39. The SMILES string of the molecule is Nc1ccc(N2CCCC3(C2)OCCO3)nc1. The van der Waals surface area contributed by atoms with Gasteiger partial charge in [-0.25, -0.2) is 4.98 Å². The van der Waals surface area contributed by atoms with Gasteiger partial charge in [0.15, 0.2) is 5.79 Å². The van der Waals surface area contributed by atoms with Crippen LogP contribution in [-0.4, -0.2) is 37.1 Å². The Morgan fingerprint density at radius 3 is 2.82 bits per heavy atom. The second-order valence-electron chi connectivity index (χ2n) is 4.58. The van der Waals surface area contributed by atoms with Crippen LogP contribution in [0.4, 0.5) is 11.5 Å². The summed E-state index contributed by atoms with van der Waals surface area (Å²) in [6.07, 6.45) is 3.72. The van der Waals surface area contributed by atoms with Crippen molar-refractivity contribution in [3.8, 4) is 0 Å². The summed E-state index contributed by atoms with van der Waals surface area (Å²) in [4.78, 5) is 6.55. The lowest BCUT2D eigenvalue weighted by atomic mass is 10.0. The summed E-state index contributed by atoms with van der Waals surface area (Å²) in [5.74, 6) is 0.541. The van der Waals surface area contributed by atoms with E-state index in [2.05, 4.69) is 9.88 Å². The summed E-state index contributed by atoms with van der Waals surface area (Å²) in [7, 11) is 0. The third kappa shape index (κ3) is 2.08. The van der Waals surface area contributed by atoms with Gasteiger partial charge in [0, 0.05) is 13.0 Å². The van der Waals surface area contributed by atoms with Gasteiger partial charge in [0.2, 0.25) is 0 Å². The van der Waals surface area contributed by atoms with E-state index in [9.17, 15) is 0 Å². The van der Waals surface area contributed by atoms with Crippen molar-refractivity contribution < 1.29 is 9.47 Å². The van der Waals surface area contributed by atoms with Gasteiger partial charge in [-0.05, 0) is 18.6 Å². The first-order valence-electron chi connectivity index (χ1n) is 6.02. The van der Waals surface area contributed by atoms with E-state index in [4.69, 9.17) is 15.2 Å². The molecule has 3 rings (SSSR count). The van der Waals surface area contributed by atoms with Crippen LogP contribution in [0, 0.1) is 0 Å². The lowest BCUT2D eigenvalue weighted by Crippen LogP contribution is -2.49. The quantitative estimate of drug-likeness (QED) is 0.787. The van der Waals surface area contributed by atoms with Crippen molar-refractivity contribution in [2.45, 2.75) is 18.6 Å². The van der Waals surface area contributed by atoms with Crippen molar-refractivity contribution in [1.29, 1.82) is 0 Å². The summed E-state index contributed by atoms with van der Waals surface area (Å²) in [6, 6.07) is 3.82. The Kier molecular flexibility index (Phi) is 2.64. The van der Waals surface area contributed by atoms with Crippen molar-refractivity contribution in [3.05, 3.63) is 18.3 Å². The molecule has 1 aromatic heterocycles. The van der Waals surface area contributed by atoms with Gasteiger partial charge in [0.1, 0.15) is 5.82 Å². The first-order chi connectivity index (χ1) is 8.27. The van der Waals surface area contributed by atoms with Gasteiger partial charge in [-0.1, -0.05) is 0 Å². The molecule has 0 atom stereocenters. The Balaban J connectivity index is 1.77. The van der Waals surface area contributed by atoms with Gasteiger partial charge < -0.3 is 20.1 Å². The molecule has 2 N–H and O–H groups in total. The second-order valence-corrected chi connectivity index (χ2v) is 4.58. The van der Waals surface area contributed by atoms with Crippen LogP contribution in [0.1, 0.15) is 12.8 Å². The number of pyridine rings is 1. The third-order valence-corrected chi connectivity index (χ3v) is 3.33. The molecule has 0 unspecified atom stereocenters. The number of ether oxygens (including phenoxy) is 2. The smallest absolute Gasteiger partial charge is 0.186 e. The van der Waals surface area contributed by atoms with Crippen molar-refractivity contribution in [2.24, 2.45) is 0 Å². The molecule has 0 bridgehead atoms. The maximum absolute atomic E-state index is 5.74. The average molecular weight is 235 g/mol. The number of nitrogen functional groups attached to an aromatic ring is 1. The van der Waals surface area contributed by atoms with Gasteiger partial charge in [-0.3, -0.25) is 0 Å². The predicted molar refractivity (Wildman–Crippen MR) is 64.7 cm³/mol. The molecule has 3 heterocycles. The molecule has 2 saturated heterocycles. The normalized spacial score (nSPS) is 23.2. The van der Waals surface area contributed by atoms with Gasteiger partial charge in [-0.15, -0.1) is 0 Å². The van der Waals surface area contributed by atoms with E-state index < -0.39 is 5.79 Å². The van der Waals surface area contributed by atoms with Crippen molar-refractivity contribution in [2.75, 3.05) is 36.9 Å². The Labute approximate surface area is 101 Å². The number of hydrogen-bond donors (Lipinski definition) is 1. The van der Waals surface area contributed by atoms with E-state index in [1.807, 2.05) is 12.1 Å². The van der Waals surface area contributed by atoms with E-state index >= 15 is 0 Å². The topological polar surface area (TPSA) is 60.6 Å². The number of anilines is 2. The van der Waals surface area contributed by atoms with Crippen LogP contribution in [0.3, 0.4) is 0 Å². The summed E-state index contributed by atoms with van der Waals surface area (Å²) in [5.41, 5.74) is 6.33. The van der Waals surface area contributed by atoms with Gasteiger partial charge in [0.05, 0.1) is 31.6 Å². The summed E-state index contributed by atoms with van der Waals surface area (Å²) >= 11 is 0. The van der Waals surface area contributed by atoms with Crippen molar-refractivity contribution in [3.63, 3.8) is 0 Å². The zero-order valence-electron chi connectivity index (χ0n) is 9.76.